The number of benzene rings is 2. The SMILES string of the molecule is CC(CCCN1C(=O)c2ccccc2C1=O)Nc1ccnc2cc(Cl)ccc12. The molecule has 0 spiro atoms. The molecule has 1 N–H and O–H groups in total. The third kappa shape index (κ3) is 3.45. The van der Waals surface area contributed by atoms with Gasteiger partial charge in [0.1, 0.15) is 0 Å². The molecule has 2 aromatic carbocycles. The lowest BCUT2D eigenvalue weighted by Gasteiger charge is -2.19. The van der Waals surface area contributed by atoms with Crippen molar-refractivity contribution in [1.82, 2.24) is 9.88 Å². The van der Waals surface area contributed by atoms with Crippen LogP contribution >= 0.6 is 11.6 Å². The number of anilines is 1. The number of amides is 2. The maximum Gasteiger partial charge on any atom is 0.261 e. The Balaban J connectivity index is 1.37. The Morgan fingerprint density at radius 1 is 1.07 bits per heavy atom. The van der Waals surface area contributed by atoms with Crippen molar-refractivity contribution >= 4 is 40.0 Å². The van der Waals surface area contributed by atoms with Crippen LogP contribution in [0.5, 0.6) is 0 Å². The molecule has 2 amide bonds. The maximum atomic E-state index is 12.4. The third-order valence-electron chi connectivity index (χ3n) is 5.00. The van der Waals surface area contributed by atoms with Gasteiger partial charge < -0.3 is 5.32 Å². The maximum absolute atomic E-state index is 12.4. The first-order chi connectivity index (χ1) is 13.5. The lowest BCUT2D eigenvalue weighted by molar-refractivity contribution is 0.0651. The highest BCUT2D eigenvalue weighted by Gasteiger charge is 2.34. The number of rotatable bonds is 6. The van der Waals surface area contributed by atoms with E-state index < -0.39 is 0 Å². The minimum Gasteiger partial charge on any atom is -0.382 e. The molecule has 1 atom stereocenters. The first-order valence-corrected chi connectivity index (χ1v) is 9.68. The van der Waals surface area contributed by atoms with Crippen molar-refractivity contribution in [2.24, 2.45) is 0 Å². The van der Waals surface area contributed by atoms with Gasteiger partial charge in [0.05, 0.1) is 16.6 Å². The van der Waals surface area contributed by atoms with Crippen molar-refractivity contribution < 1.29 is 9.59 Å². The summed E-state index contributed by atoms with van der Waals surface area (Å²) in [6.07, 6.45) is 3.31. The Labute approximate surface area is 168 Å². The van der Waals surface area contributed by atoms with Crippen LogP contribution in [-0.4, -0.2) is 34.3 Å². The summed E-state index contributed by atoms with van der Waals surface area (Å²) < 4.78 is 0. The molecule has 2 heterocycles. The van der Waals surface area contributed by atoms with E-state index in [1.165, 1.54) is 4.90 Å². The van der Waals surface area contributed by atoms with Crippen molar-refractivity contribution in [3.63, 3.8) is 0 Å². The Morgan fingerprint density at radius 3 is 2.50 bits per heavy atom. The van der Waals surface area contributed by atoms with E-state index in [1.54, 1.807) is 30.5 Å². The van der Waals surface area contributed by atoms with Gasteiger partial charge in [-0.2, -0.15) is 0 Å². The molecule has 0 aliphatic carbocycles. The molecule has 4 rings (SSSR count). The van der Waals surface area contributed by atoms with E-state index in [2.05, 4.69) is 17.2 Å². The highest BCUT2D eigenvalue weighted by atomic mass is 35.5. The normalized spacial score (nSPS) is 14.4. The summed E-state index contributed by atoms with van der Waals surface area (Å²) in [5.74, 6) is -0.392. The Bertz CT molecular complexity index is 1030. The number of carbonyl (C=O) groups is 2. The van der Waals surface area contributed by atoms with Gasteiger partial charge in [-0.05, 0) is 56.2 Å². The molecule has 1 aliphatic heterocycles. The van der Waals surface area contributed by atoms with Crippen molar-refractivity contribution in [3.05, 3.63) is 70.9 Å². The first-order valence-electron chi connectivity index (χ1n) is 9.30. The second-order valence-corrected chi connectivity index (χ2v) is 7.45. The van der Waals surface area contributed by atoms with Gasteiger partial charge in [-0.1, -0.05) is 23.7 Å². The molecule has 3 aromatic rings. The molecule has 1 unspecified atom stereocenters. The smallest absolute Gasteiger partial charge is 0.261 e. The zero-order valence-corrected chi connectivity index (χ0v) is 16.2. The van der Waals surface area contributed by atoms with E-state index in [4.69, 9.17) is 11.6 Å². The number of hydrogen-bond donors (Lipinski definition) is 1. The molecule has 1 aliphatic rings. The second-order valence-electron chi connectivity index (χ2n) is 7.02. The number of carbonyl (C=O) groups excluding carboxylic acids is 2. The lowest BCUT2D eigenvalue weighted by atomic mass is 10.1. The van der Waals surface area contributed by atoms with Crippen LogP contribution in [0.2, 0.25) is 5.02 Å². The van der Waals surface area contributed by atoms with Crippen LogP contribution in [0.15, 0.2) is 54.7 Å². The van der Waals surface area contributed by atoms with Gasteiger partial charge >= 0.3 is 0 Å². The van der Waals surface area contributed by atoms with Gasteiger partial charge in [0.25, 0.3) is 11.8 Å². The molecule has 5 nitrogen and oxygen atoms in total. The van der Waals surface area contributed by atoms with Crippen LogP contribution in [0.3, 0.4) is 0 Å². The number of halogens is 1. The van der Waals surface area contributed by atoms with E-state index in [1.807, 2.05) is 24.3 Å². The molecular formula is C22H20ClN3O2. The minimum atomic E-state index is -0.196. The molecule has 0 fully saturated rings. The zero-order valence-electron chi connectivity index (χ0n) is 15.5. The van der Waals surface area contributed by atoms with Gasteiger partial charge in [0.15, 0.2) is 0 Å². The molecule has 0 bridgehead atoms. The summed E-state index contributed by atoms with van der Waals surface area (Å²) in [7, 11) is 0. The summed E-state index contributed by atoms with van der Waals surface area (Å²) in [6, 6.07) is 14.8. The number of fused-ring (bicyclic) bond motifs is 2. The third-order valence-corrected chi connectivity index (χ3v) is 5.24. The predicted molar refractivity (Wildman–Crippen MR) is 111 cm³/mol. The van der Waals surface area contributed by atoms with Gasteiger partial charge in [0, 0.05) is 34.9 Å². The van der Waals surface area contributed by atoms with Crippen molar-refractivity contribution in [2.45, 2.75) is 25.8 Å². The summed E-state index contributed by atoms with van der Waals surface area (Å²) in [5.41, 5.74) is 2.84. The van der Waals surface area contributed by atoms with E-state index in [0.29, 0.717) is 22.7 Å². The van der Waals surface area contributed by atoms with Crippen LogP contribution in [0, 0.1) is 0 Å². The van der Waals surface area contributed by atoms with E-state index in [0.717, 1.165) is 29.4 Å². The highest BCUT2D eigenvalue weighted by Crippen LogP contribution is 2.26. The number of hydrogen-bond acceptors (Lipinski definition) is 4. The Morgan fingerprint density at radius 2 is 1.79 bits per heavy atom. The van der Waals surface area contributed by atoms with E-state index in [9.17, 15) is 9.59 Å². The Kier molecular flexibility index (Phi) is 5.01. The number of nitrogens with one attached hydrogen (secondary N) is 1. The summed E-state index contributed by atoms with van der Waals surface area (Å²) in [6.45, 7) is 2.51. The van der Waals surface area contributed by atoms with E-state index >= 15 is 0 Å². The molecule has 1 aromatic heterocycles. The zero-order chi connectivity index (χ0) is 19.7. The molecule has 142 valence electrons. The number of aromatic nitrogens is 1. The molecule has 0 saturated carbocycles. The van der Waals surface area contributed by atoms with Crippen LogP contribution in [-0.2, 0) is 0 Å². The average Bonchev–Trinajstić information content (AvgIpc) is 2.93. The summed E-state index contributed by atoms with van der Waals surface area (Å²) in [5, 5.41) is 5.17. The monoisotopic (exact) mass is 393 g/mol. The molecule has 28 heavy (non-hydrogen) atoms. The molecule has 6 heteroatoms. The highest BCUT2D eigenvalue weighted by molar-refractivity contribution is 6.31. The second kappa shape index (κ2) is 7.60. The molecule has 0 saturated heterocycles. The number of pyridine rings is 1. The minimum absolute atomic E-state index is 0.177. The molecule has 0 radical (unpaired) electrons. The topological polar surface area (TPSA) is 62.3 Å². The summed E-state index contributed by atoms with van der Waals surface area (Å²) in [4.78, 5) is 30.5. The van der Waals surface area contributed by atoms with Crippen LogP contribution in [0.4, 0.5) is 5.69 Å². The predicted octanol–water partition coefficient (Wildman–Crippen LogP) is 4.77. The van der Waals surface area contributed by atoms with Crippen LogP contribution in [0.25, 0.3) is 10.9 Å². The van der Waals surface area contributed by atoms with Crippen molar-refractivity contribution in [3.8, 4) is 0 Å². The van der Waals surface area contributed by atoms with Gasteiger partial charge in [0.2, 0.25) is 0 Å². The van der Waals surface area contributed by atoms with Gasteiger partial charge in [-0.25, -0.2) is 0 Å². The fraction of sp³-hybridized carbons (Fsp3) is 0.227. The number of imide groups is 1. The number of nitrogens with zero attached hydrogens (tertiary/aromatic N) is 2. The van der Waals surface area contributed by atoms with Gasteiger partial charge in [-0.3, -0.25) is 19.5 Å². The lowest BCUT2D eigenvalue weighted by Crippen LogP contribution is -2.31. The summed E-state index contributed by atoms with van der Waals surface area (Å²) >= 11 is 6.04. The van der Waals surface area contributed by atoms with Crippen LogP contribution in [0.1, 0.15) is 40.5 Å². The van der Waals surface area contributed by atoms with E-state index in [-0.39, 0.29) is 17.9 Å². The molecular weight excluding hydrogens is 374 g/mol. The fourth-order valence-corrected chi connectivity index (χ4v) is 3.75. The van der Waals surface area contributed by atoms with Crippen molar-refractivity contribution in [2.75, 3.05) is 11.9 Å². The average molecular weight is 394 g/mol. The van der Waals surface area contributed by atoms with Gasteiger partial charge in [-0.15, -0.1) is 0 Å². The van der Waals surface area contributed by atoms with Crippen LogP contribution < -0.4 is 5.32 Å². The Hall–Kier alpha value is -2.92. The quantitative estimate of drug-likeness (QED) is 0.613. The first kappa shape index (κ1) is 18.4. The largest absolute Gasteiger partial charge is 0.382 e. The van der Waals surface area contributed by atoms with Crippen molar-refractivity contribution in [1.29, 1.82) is 0 Å². The standard InChI is InChI=1S/C22H20ClN3O2/c1-14(25-19-10-11-24-20-13-15(23)8-9-18(19)20)5-4-12-26-21(27)16-6-2-3-7-17(16)22(26)28/h2-3,6-11,13-14H,4-5,12H2,1H3,(H,24,25). The fourth-order valence-electron chi connectivity index (χ4n) is 3.58.